The zero-order valence-corrected chi connectivity index (χ0v) is 25.1. The van der Waals surface area contributed by atoms with E-state index in [0.29, 0.717) is 48.6 Å². The van der Waals surface area contributed by atoms with Gasteiger partial charge >= 0.3 is 0 Å². The van der Waals surface area contributed by atoms with Crippen LogP contribution in [0.2, 0.25) is 4.34 Å². The van der Waals surface area contributed by atoms with Crippen LogP contribution in [0.3, 0.4) is 0 Å². The Hall–Kier alpha value is -1.80. The first-order valence-corrected chi connectivity index (χ1v) is 16.7. The predicted molar refractivity (Wildman–Crippen MR) is 156 cm³/mol. The van der Waals surface area contributed by atoms with Crippen molar-refractivity contribution in [1.82, 2.24) is 14.2 Å². The van der Waals surface area contributed by atoms with Gasteiger partial charge in [0.15, 0.2) is 5.13 Å². The number of aromatic nitrogens is 1. The predicted octanol–water partition coefficient (Wildman–Crippen LogP) is 4.57. The summed E-state index contributed by atoms with van der Waals surface area (Å²) in [6.45, 7) is 7.84. The molecule has 2 aromatic heterocycles. The smallest absolute Gasteiger partial charge is 0.252 e. The van der Waals surface area contributed by atoms with Gasteiger partial charge in [0, 0.05) is 45.2 Å². The van der Waals surface area contributed by atoms with Gasteiger partial charge in [-0.05, 0) is 56.5 Å². The van der Waals surface area contributed by atoms with E-state index in [-0.39, 0.29) is 16.0 Å². The minimum absolute atomic E-state index is 0.0114. The maximum Gasteiger partial charge on any atom is 0.252 e. The second kappa shape index (κ2) is 12.8. The maximum absolute atomic E-state index is 13.9. The lowest BCUT2D eigenvalue weighted by molar-refractivity contribution is -0.123. The van der Waals surface area contributed by atoms with Crippen LogP contribution in [0, 0.1) is 5.92 Å². The molecule has 2 saturated heterocycles. The number of fused-ring (bicyclic) bond motifs is 1. The van der Waals surface area contributed by atoms with E-state index in [4.69, 9.17) is 26.1 Å². The van der Waals surface area contributed by atoms with Crippen LogP contribution in [-0.2, 0) is 19.6 Å². The van der Waals surface area contributed by atoms with Crippen molar-refractivity contribution in [3.05, 3.63) is 34.7 Å². The molecule has 0 radical (unpaired) electrons. The molecule has 0 spiro atoms. The van der Waals surface area contributed by atoms with Crippen molar-refractivity contribution in [3.63, 3.8) is 0 Å². The Labute approximate surface area is 242 Å². The van der Waals surface area contributed by atoms with Crippen LogP contribution in [0.5, 0.6) is 5.75 Å². The Morgan fingerprint density at radius 1 is 1.15 bits per heavy atom. The van der Waals surface area contributed by atoms with Crippen LogP contribution in [0.4, 0.5) is 5.13 Å². The first kappa shape index (κ1) is 28.7. The van der Waals surface area contributed by atoms with Gasteiger partial charge in [0.1, 0.15) is 9.96 Å². The van der Waals surface area contributed by atoms with Gasteiger partial charge in [-0.2, -0.15) is 4.31 Å². The summed E-state index contributed by atoms with van der Waals surface area (Å²) in [5.41, 5.74) is 0.833. The monoisotopic (exact) mass is 612 g/mol. The average molecular weight is 613 g/mol. The fourth-order valence-corrected chi connectivity index (χ4v) is 9.10. The minimum atomic E-state index is -3.61. The van der Waals surface area contributed by atoms with Gasteiger partial charge in [0.25, 0.3) is 10.0 Å². The SMILES string of the molecule is CCOc1ccc2nc(N(CCCN3CCOCC3)C(=O)C3CCN(S(=O)(=O)c4ccc(Cl)s4)CC3)sc2c1. The zero-order valence-electron chi connectivity index (χ0n) is 21.9. The summed E-state index contributed by atoms with van der Waals surface area (Å²) in [4.78, 5) is 22.9. The van der Waals surface area contributed by atoms with Crippen molar-refractivity contribution in [3.8, 4) is 5.75 Å². The second-order valence-electron chi connectivity index (χ2n) is 9.59. The lowest BCUT2D eigenvalue weighted by atomic mass is 9.96. The average Bonchev–Trinajstić information content (AvgIpc) is 3.58. The number of rotatable bonds is 10. The van der Waals surface area contributed by atoms with Crippen molar-refractivity contribution >= 4 is 65.6 Å². The van der Waals surface area contributed by atoms with Crippen LogP contribution < -0.4 is 9.64 Å². The summed E-state index contributed by atoms with van der Waals surface area (Å²) >= 11 is 8.52. The second-order valence-corrected chi connectivity index (χ2v) is 14.5. The standard InChI is InChI=1S/C26H33ClN4O5S3/c1-2-36-20-4-5-21-22(18-20)37-26(28-21)31(11-3-10-29-14-16-35-17-15-29)25(32)19-8-12-30(13-9-19)39(33,34)24-7-6-23(27)38-24/h4-7,18-19H,2-3,8-17H2,1H3. The molecule has 0 bridgehead atoms. The molecule has 2 fully saturated rings. The molecular weight excluding hydrogens is 580 g/mol. The Kier molecular flexibility index (Phi) is 9.42. The van der Waals surface area contributed by atoms with Crippen LogP contribution in [-0.4, -0.2) is 87.6 Å². The van der Waals surface area contributed by atoms with Gasteiger partial charge < -0.3 is 9.47 Å². The lowest BCUT2D eigenvalue weighted by Crippen LogP contribution is -2.45. The first-order valence-electron chi connectivity index (χ1n) is 13.3. The fraction of sp³-hybridized carbons (Fsp3) is 0.538. The quantitative estimate of drug-likeness (QED) is 0.331. The minimum Gasteiger partial charge on any atom is -0.494 e. The number of halogens is 1. The summed E-state index contributed by atoms with van der Waals surface area (Å²) in [6.07, 6.45) is 1.76. The fourth-order valence-electron chi connectivity index (χ4n) is 4.97. The van der Waals surface area contributed by atoms with Gasteiger partial charge in [0.05, 0.1) is 34.4 Å². The number of benzene rings is 1. The van der Waals surface area contributed by atoms with Crippen molar-refractivity contribution in [1.29, 1.82) is 0 Å². The number of sulfonamides is 1. The van der Waals surface area contributed by atoms with Crippen molar-refractivity contribution in [2.24, 2.45) is 5.92 Å². The Bertz CT molecular complexity index is 1380. The van der Waals surface area contributed by atoms with Crippen LogP contribution >= 0.6 is 34.3 Å². The highest BCUT2D eigenvalue weighted by molar-refractivity contribution is 7.91. The van der Waals surface area contributed by atoms with E-state index in [2.05, 4.69) is 4.90 Å². The molecule has 2 aliphatic rings. The third-order valence-electron chi connectivity index (χ3n) is 7.06. The highest BCUT2D eigenvalue weighted by atomic mass is 35.5. The van der Waals surface area contributed by atoms with Gasteiger partial charge in [-0.3, -0.25) is 14.6 Å². The van der Waals surface area contributed by atoms with E-state index in [1.54, 1.807) is 12.1 Å². The molecule has 13 heteroatoms. The number of anilines is 1. The van der Waals surface area contributed by atoms with E-state index in [1.165, 1.54) is 15.6 Å². The van der Waals surface area contributed by atoms with Gasteiger partial charge in [-0.25, -0.2) is 13.4 Å². The van der Waals surface area contributed by atoms with Crippen molar-refractivity contribution in [2.45, 2.75) is 30.4 Å². The normalized spacial score (nSPS) is 18.0. The molecule has 0 N–H and O–H groups in total. The molecule has 9 nitrogen and oxygen atoms in total. The number of thiazole rings is 1. The highest BCUT2D eigenvalue weighted by Crippen LogP contribution is 2.35. The molecule has 212 valence electrons. The number of ether oxygens (including phenoxy) is 2. The third kappa shape index (κ3) is 6.75. The molecule has 2 aliphatic heterocycles. The summed E-state index contributed by atoms with van der Waals surface area (Å²) in [7, 11) is -3.61. The van der Waals surface area contributed by atoms with E-state index in [9.17, 15) is 13.2 Å². The molecule has 0 saturated carbocycles. The Morgan fingerprint density at radius 3 is 2.62 bits per heavy atom. The van der Waals surface area contributed by atoms with Crippen molar-refractivity contribution < 1.29 is 22.7 Å². The van der Waals surface area contributed by atoms with E-state index in [0.717, 1.165) is 66.6 Å². The van der Waals surface area contributed by atoms with Gasteiger partial charge in [-0.1, -0.05) is 22.9 Å². The van der Waals surface area contributed by atoms with E-state index < -0.39 is 10.0 Å². The Balaban J connectivity index is 1.30. The molecule has 1 aromatic carbocycles. The number of hydrogen-bond donors (Lipinski definition) is 0. The summed E-state index contributed by atoms with van der Waals surface area (Å²) in [5, 5.41) is 0.675. The van der Waals surface area contributed by atoms with Gasteiger partial charge in [0.2, 0.25) is 5.91 Å². The molecule has 39 heavy (non-hydrogen) atoms. The highest BCUT2D eigenvalue weighted by Gasteiger charge is 2.35. The molecule has 4 heterocycles. The molecule has 0 unspecified atom stereocenters. The van der Waals surface area contributed by atoms with Gasteiger partial charge in [-0.15, -0.1) is 11.3 Å². The summed E-state index contributed by atoms with van der Waals surface area (Å²) in [5.74, 6) is 0.529. The summed E-state index contributed by atoms with van der Waals surface area (Å²) in [6, 6.07) is 8.93. The van der Waals surface area contributed by atoms with E-state index >= 15 is 0 Å². The number of hydrogen-bond acceptors (Lipinski definition) is 9. The molecule has 5 rings (SSSR count). The van der Waals surface area contributed by atoms with Crippen LogP contribution in [0.25, 0.3) is 10.2 Å². The maximum atomic E-state index is 13.9. The lowest BCUT2D eigenvalue weighted by Gasteiger charge is -2.33. The van der Waals surface area contributed by atoms with Crippen LogP contribution in [0.1, 0.15) is 26.2 Å². The topological polar surface area (TPSA) is 92.3 Å². The molecular formula is C26H33ClN4O5S3. The summed E-state index contributed by atoms with van der Waals surface area (Å²) < 4.78 is 40.3. The third-order valence-corrected chi connectivity index (χ3v) is 11.7. The van der Waals surface area contributed by atoms with Crippen molar-refractivity contribution in [2.75, 3.05) is 64.0 Å². The van der Waals surface area contributed by atoms with E-state index in [1.807, 2.05) is 30.0 Å². The molecule has 0 aliphatic carbocycles. The number of morpholine rings is 1. The number of carbonyl (C=O) groups is 1. The number of nitrogens with zero attached hydrogens (tertiary/aromatic N) is 4. The number of piperidine rings is 1. The zero-order chi connectivity index (χ0) is 27.4. The first-order chi connectivity index (χ1) is 18.8. The van der Waals surface area contributed by atoms with Crippen LogP contribution in [0.15, 0.2) is 34.5 Å². The molecule has 3 aromatic rings. The molecule has 0 atom stereocenters. The number of amides is 1. The Morgan fingerprint density at radius 2 is 1.92 bits per heavy atom. The largest absolute Gasteiger partial charge is 0.494 e. The number of thiophene rings is 1. The number of carbonyl (C=O) groups excluding carboxylic acids is 1. The molecule has 1 amide bonds.